The molecule has 3 heteroatoms. The van der Waals surface area contributed by atoms with Crippen LogP contribution >= 0.6 is 0 Å². The quantitative estimate of drug-likeness (QED) is 0.681. The van der Waals surface area contributed by atoms with E-state index in [1.54, 1.807) is 16.7 Å². The molecule has 0 bridgehead atoms. The van der Waals surface area contributed by atoms with Gasteiger partial charge < -0.3 is 4.40 Å². The molecule has 0 saturated carbocycles. The van der Waals surface area contributed by atoms with Crippen LogP contribution in [0.5, 0.6) is 0 Å². The first-order valence-electron chi connectivity index (χ1n) is 6.21. The number of hydrogen-bond acceptors (Lipinski definition) is 1. The molecule has 0 unspecified atom stereocenters. The maximum Gasteiger partial charge on any atom is 0.125 e. The third-order valence-corrected chi connectivity index (χ3v) is 3.28. The zero-order valence-corrected chi connectivity index (χ0v) is 10.6. The summed E-state index contributed by atoms with van der Waals surface area (Å²) in [6.45, 7) is 0. The molecule has 96 valence electrons. The highest BCUT2D eigenvalue weighted by Gasteiger charge is 2.13. The Labute approximate surface area is 116 Å². The first-order valence-corrected chi connectivity index (χ1v) is 6.21. The third kappa shape index (κ3) is 1.88. The average molecular weight is 262 g/mol. The lowest BCUT2D eigenvalue weighted by Crippen LogP contribution is -1.88. The van der Waals surface area contributed by atoms with E-state index in [1.807, 2.05) is 48.5 Å². The van der Waals surface area contributed by atoms with E-state index in [0.717, 1.165) is 16.6 Å². The fourth-order valence-corrected chi connectivity index (χ4v) is 2.35. The van der Waals surface area contributed by atoms with E-state index in [9.17, 15) is 9.65 Å². The van der Waals surface area contributed by atoms with Crippen LogP contribution in [0.15, 0.2) is 67.1 Å². The lowest BCUT2D eigenvalue weighted by atomic mass is 10.00. The van der Waals surface area contributed by atoms with Gasteiger partial charge in [0.15, 0.2) is 0 Å². The second-order valence-electron chi connectivity index (χ2n) is 4.40. The number of benzene rings is 1. The minimum absolute atomic E-state index is 0.482. The molecule has 3 rings (SSSR count). The molecular weight excluding hydrogens is 251 g/mol. The molecule has 2 aromatic heterocycles. The zero-order valence-electron chi connectivity index (χ0n) is 10.6. The number of aromatic nitrogens is 1. The van der Waals surface area contributed by atoms with Gasteiger partial charge in [-0.2, -0.15) is 5.26 Å². The molecule has 0 radical (unpaired) electrons. The SMILES string of the molecule is N#Cc1cc(/C(=C/F)c2ccccc2)c2ccccn12. The van der Waals surface area contributed by atoms with Crippen molar-refractivity contribution < 1.29 is 4.39 Å². The summed E-state index contributed by atoms with van der Waals surface area (Å²) in [7, 11) is 0. The molecule has 1 aromatic carbocycles. The van der Waals surface area contributed by atoms with Gasteiger partial charge in [0.05, 0.1) is 11.8 Å². The maximum absolute atomic E-state index is 13.4. The minimum Gasteiger partial charge on any atom is -0.308 e. The monoisotopic (exact) mass is 262 g/mol. The van der Waals surface area contributed by atoms with E-state index in [4.69, 9.17) is 0 Å². The number of nitriles is 1. The van der Waals surface area contributed by atoms with Crippen LogP contribution in [-0.2, 0) is 0 Å². The van der Waals surface area contributed by atoms with Crippen molar-refractivity contribution in [1.29, 1.82) is 5.26 Å². The molecule has 0 saturated heterocycles. The molecule has 0 atom stereocenters. The van der Waals surface area contributed by atoms with E-state index in [0.29, 0.717) is 17.6 Å². The van der Waals surface area contributed by atoms with Gasteiger partial charge in [-0.25, -0.2) is 4.39 Å². The van der Waals surface area contributed by atoms with Crippen molar-refractivity contribution in [3.8, 4) is 6.07 Å². The second-order valence-corrected chi connectivity index (χ2v) is 4.40. The van der Waals surface area contributed by atoms with Gasteiger partial charge in [-0.1, -0.05) is 36.4 Å². The summed E-state index contributed by atoms with van der Waals surface area (Å²) < 4.78 is 15.2. The van der Waals surface area contributed by atoms with Crippen molar-refractivity contribution in [3.63, 3.8) is 0 Å². The van der Waals surface area contributed by atoms with Gasteiger partial charge in [0, 0.05) is 17.3 Å². The number of rotatable bonds is 2. The molecule has 0 aliphatic carbocycles. The Morgan fingerprint density at radius 2 is 1.85 bits per heavy atom. The van der Waals surface area contributed by atoms with Gasteiger partial charge in [0.25, 0.3) is 0 Å². The summed E-state index contributed by atoms with van der Waals surface area (Å²) in [5, 5.41) is 9.19. The number of halogens is 1. The normalized spacial score (nSPS) is 11.5. The molecular formula is C17H11FN2. The van der Waals surface area contributed by atoms with Gasteiger partial charge in [-0.15, -0.1) is 0 Å². The minimum atomic E-state index is 0.482. The Balaban J connectivity index is 2.27. The Morgan fingerprint density at radius 3 is 2.55 bits per heavy atom. The van der Waals surface area contributed by atoms with Gasteiger partial charge >= 0.3 is 0 Å². The molecule has 0 spiro atoms. The first-order chi connectivity index (χ1) is 9.85. The molecule has 3 aromatic rings. The molecule has 0 aliphatic heterocycles. The molecule has 20 heavy (non-hydrogen) atoms. The molecule has 0 N–H and O–H groups in total. The van der Waals surface area contributed by atoms with Gasteiger partial charge in [-0.3, -0.25) is 0 Å². The molecule has 0 fully saturated rings. The lowest BCUT2D eigenvalue weighted by molar-refractivity contribution is 0.724. The summed E-state index contributed by atoms with van der Waals surface area (Å²) in [6.07, 6.45) is 2.40. The molecule has 0 aliphatic rings. The van der Waals surface area contributed by atoms with Crippen molar-refractivity contribution >= 4 is 11.1 Å². The topological polar surface area (TPSA) is 28.2 Å². The van der Waals surface area contributed by atoms with Crippen molar-refractivity contribution in [3.05, 3.63) is 83.9 Å². The van der Waals surface area contributed by atoms with Crippen LogP contribution in [0.4, 0.5) is 4.39 Å². The van der Waals surface area contributed by atoms with Crippen molar-refractivity contribution in [1.82, 2.24) is 4.40 Å². The van der Waals surface area contributed by atoms with E-state index >= 15 is 0 Å². The first kappa shape index (κ1) is 12.2. The Morgan fingerprint density at radius 1 is 1.10 bits per heavy atom. The van der Waals surface area contributed by atoms with Crippen LogP contribution < -0.4 is 0 Å². The number of nitrogens with zero attached hydrogens (tertiary/aromatic N) is 2. The maximum atomic E-state index is 13.4. The molecule has 2 heterocycles. The second kappa shape index (κ2) is 5.02. The van der Waals surface area contributed by atoms with E-state index in [-0.39, 0.29) is 0 Å². The van der Waals surface area contributed by atoms with E-state index < -0.39 is 0 Å². The summed E-state index contributed by atoms with van der Waals surface area (Å²) in [5.74, 6) is 0. The van der Waals surface area contributed by atoms with Crippen LogP contribution in [0.1, 0.15) is 16.8 Å². The van der Waals surface area contributed by atoms with E-state index in [2.05, 4.69) is 6.07 Å². The third-order valence-electron chi connectivity index (χ3n) is 3.28. The van der Waals surface area contributed by atoms with Gasteiger partial charge in [0.2, 0.25) is 0 Å². The van der Waals surface area contributed by atoms with Gasteiger partial charge in [0.1, 0.15) is 11.8 Å². The van der Waals surface area contributed by atoms with Crippen LogP contribution in [0.25, 0.3) is 11.1 Å². The molecule has 2 nitrogen and oxygen atoms in total. The highest BCUT2D eigenvalue weighted by molar-refractivity contribution is 5.88. The number of pyridine rings is 1. The van der Waals surface area contributed by atoms with Crippen LogP contribution in [0, 0.1) is 11.3 Å². The Bertz CT molecular complexity index is 823. The Hall–Kier alpha value is -2.86. The summed E-state index contributed by atoms with van der Waals surface area (Å²) in [4.78, 5) is 0. The summed E-state index contributed by atoms with van der Waals surface area (Å²) >= 11 is 0. The fourth-order valence-electron chi connectivity index (χ4n) is 2.35. The van der Waals surface area contributed by atoms with Crippen molar-refractivity contribution in [2.75, 3.05) is 0 Å². The predicted octanol–water partition coefficient (Wildman–Crippen LogP) is 4.17. The van der Waals surface area contributed by atoms with Crippen LogP contribution in [0.2, 0.25) is 0 Å². The standard InChI is InChI=1S/C17H11FN2/c18-11-16(13-6-2-1-3-7-13)15-10-14(12-19)20-9-5-4-8-17(15)20/h1-11H/b16-11+. The van der Waals surface area contributed by atoms with Crippen LogP contribution in [0.3, 0.4) is 0 Å². The highest BCUT2D eigenvalue weighted by Crippen LogP contribution is 2.29. The van der Waals surface area contributed by atoms with Gasteiger partial charge in [-0.05, 0) is 23.8 Å². The van der Waals surface area contributed by atoms with Crippen molar-refractivity contribution in [2.45, 2.75) is 0 Å². The summed E-state index contributed by atoms with van der Waals surface area (Å²) in [6, 6.07) is 18.8. The predicted molar refractivity (Wildman–Crippen MR) is 76.7 cm³/mol. The Kier molecular flexibility index (Phi) is 3.06. The zero-order chi connectivity index (χ0) is 13.9. The van der Waals surface area contributed by atoms with E-state index in [1.165, 1.54) is 0 Å². The number of fused-ring (bicyclic) bond motifs is 1. The average Bonchev–Trinajstić information content (AvgIpc) is 2.88. The number of hydrogen-bond donors (Lipinski definition) is 0. The lowest BCUT2D eigenvalue weighted by Gasteiger charge is -2.05. The fraction of sp³-hybridized carbons (Fsp3) is 0. The van der Waals surface area contributed by atoms with Crippen LogP contribution in [-0.4, -0.2) is 4.40 Å². The van der Waals surface area contributed by atoms with Crippen molar-refractivity contribution in [2.24, 2.45) is 0 Å². The largest absolute Gasteiger partial charge is 0.308 e. The smallest absolute Gasteiger partial charge is 0.125 e. The summed E-state index contributed by atoms with van der Waals surface area (Å²) in [5.41, 5.74) is 3.30. The molecule has 0 amide bonds. The highest BCUT2D eigenvalue weighted by atomic mass is 19.1.